The van der Waals surface area contributed by atoms with E-state index in [0.717, 1.165) is 33.7 Å². The lowest BCUT2D eigenvalue weighted by molar-refractivity contribution is -0.384. The zero-order valence-corrected chi connectivity index (χ0v) is 20.1. The van der Waals surface area contributed by atoms with E-state index < -0.39 is 0 Å². The molecule has 5 aliphatic rings. The van der Waals surface area contributed by atoms with Crippen molar-refractivity contribution in [3.05, 3.63) is 100 Å². The van der Waals surface area contributed by atoms with E-state index in [2.05, 4.69) is 48.5 Å². The molecule has 3 nitrogen and oxygen atoms in total. The first-order valence-corrected chi connectivity index (χ1v) is 13.5. The smallest absolute Gasteiger partial charge is 0.258 e. The summed E-state index contributed by atoms with van der Waals surface area (Å²) >= 11 is 0. The molecule has 0 saturated heterocycles. The van der Waals surface area contributed by atoms with Crippen LogP contribution in [0.5, 0.6) is 0 Å². The molecule has 4 aromatic carbocycles. The zero-order chi connectivity index (χ0) is 23.8. The van der Waals surface area contributed by atoms with Crippen molar-refractivity contribution in [2.75, 3.05) is 0 Å². The summed E-state index contributed by atoms with van der Waals surface area (Å²) < 4.78 is 0. The third kappa shape index (κ3) is 2.03. The molecule has 0 aliphatic heterocycles. The summed E-state index contributed by atoms with van der Waals surface area (Å²) in [6.45, 7) is 0. The molecule has 4 saturated carbocycles. The minimum Gasteiger partial charge on any atom is -0.258 e. The third-order valence-corrected chi connectivity index (χ3v) is 11.1. The summed E-state index contributed by atoms with van der Waals surface area (Å²) in [4.78, 5) is 12.0. The molecule has 5 aliphatic carbocycles. The van der Waals surface area contributed by atoms with E-state index in [1.54, 1.807) is 11.6 Å². The van der Waals surface area contributed by atoms with E-state index in [1.165, 1.54) is 48.8 Å². The summed E-state index contributed by atoms with van der Waals surface area (Å²) in [5.74, 6) is 3.23. The Kier molecular flexibility index (Phi) is 3.43. The highest BCUT2D eigenvalue weighted by Crippen LogP contribution is 2.85. The van der Waals surface area contributed by atoms with Gasteiger partial charge in [-0.3, -0.25) is 10.1 Å². The fraction of sp³-hybridized carbons (Fsp3) is 0.333. The molecule has 0 amide bonds. The van der Waals surface area contributed by atoms with Crippen molar-refractivity contribution in [2.45, 2.75) is 37.5 Å². The number of nitro groups is 1. The van der Waals surface area contributed by atoms with Crippen molar-refractivity contribution in [1.82, 2.24) is 0 Å². The van der Waals surface area contributed by atoms with Crippen molar-refractivity contribution < 1.29 is 4.92 Å². The SMILES string of the molecule is O=[N+]([O-])c1ccc2ccccc2c1-c1ccc2c(c1)C1(c3ccccc3-2)C2CC3CC4CC1C2(C3)C4. The van der Waals surface area contributed by atoms with Crippen LogP contribution < -0.4 is 0 Å². The Morgan fingerprint density at radius 2 is 1.47 bits per heavy atom. The minimum atomic E-state index is -0.213. The maximum Gasteiger partial charge on any atom is 0.277 e. The Hall–Kier alpha value is -3.46. The van der Waals surface area contributed by atoms with Crippen LogP contribution in [0.3, 0.4) is 0 Å². The van der Waals surface area contributed by atoms with Crippen LogP contribution in [0.15, 0.2) is 78.9 Å². The number of fused-ring (bicyclic) bond motifs is 10. The van der Waals surface area contributed by atoms with Gasteiger partial charge in [-0.2, -0.15) is 0 Å². The van der Waals surface area contributed by atoms with Crippen molar-refractivity contribution in [3.8, 4) is 22.3 Å². The van der Waals surface area contributed by atoms with Crippen LogP contribution in [0.2, 0.25) is 0 Å². The normalized spacial score (nSPS) is 34.0. The lowest BCUT2D eigenvalue weighted by Crippen LogP contribution is -2.62. The second-order valence-electron chi connectivity index (χ2n) is 12.3. The first kappa shape index (κ1) is 19.7. The van der Waals surface area contributed by atoms with Crippen molar-refractivity contribution in [2.24, 2.45) is 29.1 Å². The standard InChI is InChI=1S/C33H27NO2/c35-34(36)28-12-10-21-5-1-2-6-23(21)31(28)22-9-11-25-24-7-3-4-8-26(24)33(27(25)16-22)29-14-19-13-20-15-30(33)32(29,17-19)18-20/h1-12,16,19-20,29-30H,13-15,17-18H2. The third-order valence-electron chi connectivity index (χ3n) is 11.1. The van der Waals surface area contributed by atoms with Crippen LogP contribution in [0.4, 0.5) is 5.69 Å². The Labute approximate surface area is 210 Å². The predicted molar refractivity (Wildman–Crippen MR) is 142 cm³/mol. The molecule has 0 heterocycles. The second kappa shape index (κ2) is 6.26. The largest absolute Gasteiger partial charge is 0.277 e. The number of hydrogen-bond acceptors (Lipinski definition) is 2. The molecular weight excluding hydrogens is 442 g/mol. The Bertz CT molecular complexity index is 1630. The van der Waals surface area contributed by atoms with Crippen molar-refractivity contribution in [3.63, 3.8) is 0 Å². The number of benzene rings is 4. The molecule has 3 heteroatoms. The van der Waals surface area contributed by atoms with Crippen molar-refractivity contribution in [1.29, 1.82) is 0 Å². The summed E-state index contributed by atoms with van der Waals surface area (Å²) in [5.41, 5.74) is 8.33. The lowest BCUT2D eigenvalue weighted by Gasteiger charge is -2.64. The quantitative estimate of drug-likeness (QED) is 0.220. The topological polar surface area (TPSA) is 43.1 Å². The van der Waals surface area contributed by atoms with Gasteiger partial charge >= 0.3 is 0 Å². The van der Waals surface area contributed by atoms with E-state index in [0.29, 0.717) is 17.3 Å². The first-order valence-electron chi connectivity index (χ1n) is 13.5. The van der Waals surface area contributed by atoms with Gasteiger partial charge in [0.1, 0.15) is 0 Å². The van der Waals surface area contributed by atoms with Gasteiger partial charge < -0.3 is 0 Å². The number of hydrogen-bond donors (Lipinski definition) is 0. The second-order valence-corrected chi connectivity index (χ2v) is 12.3. The van der Waals surface area contributed by atoms with Crippen molar-refractivity contribution >= 4 is 16.5 Å². The van der Waals surface area contributed by atoms with Gasteiger partial charge in [-0.05, 0) is 112 Å². The van der Waals surface area contributed by atoms with Crippen LogP contribution in [0, 0.1) is 39.2 Å². The summed E-state index contributed by atoms with van der Waals surface area (Å²) in [6, 6.07) is 27.6. The van der Waals surface area contributed by atoms with Gasteiger partial charge in [0.15, 0.2) is 0 Å². The van der Waals surface area contributed by atoms with E-state index in [1.807, 2.05) is 24.3 Å². The highest BCUT2D eigenvalue weighted by atomic mass is 16.6. The molecule has 0 aromatic heterocycles. The molecular formula is C33H27NO2. The van der Waals surface area contributed by atoms with E-state index in [-0.39, 0.29) is 16.0 Å². The Balaban J connectivity index is 1.33. The minimum absolute atomic E-state index is 0.0885. The van der Waals surface area contributed by atoms with Gasteiger partial charge in [0.2, 0.25) is 0 Å². The van der Waals surface area contributed by atoms with Crippen LogP contribution >= 0.6 is 0 Å². The fourth-order valence-corrected chi connectivity index (χ4v) is 10.5. The molecule has 4 unspecified atom stereocenters. The predicted octanol–water partition coefficient (Wildman–Crippen LogP) is 8.14. The van der Waals surface area contributed by atoms with Crippen LogP contribution in [-0.4, -0.2) is 4.92 Å². The lowest BCUT2D eigenvalue weighted by atomic mass is 9.38. The number of nitro benzene ring substituents is 1. The summed E-state index contributed by atoms with van der Waals surface area (Å²) in [5, 5.41) is 14.2. The van der Waals surface area contributed by atoms with Gasteiger partial charge in [0.05, 0.1) is 10.5 Å². The highest BCUT2D eigenvalue weighted by molar-refractivity contribution is 6.02. The number of rotatable bonds is 2. The maximum absolute atomic E-state index is 12.2. The van der Waals surface area contributed by atoms with E-state index in [9.17, 15) is 10.1 Å². The van der Waals surface area contributed by atoms with Gasteiger partial charge in [-0.15, -0.1) is 0 Å². The molecule has 0 N–H and O–H groups in total. The van der Waals surface area contributed by atoms with Crippen LogP contribution in [0.1, 0.15) is 43.2 Å². The number of nitrogens with zero attached hydrogens (tertiary/aromatic N) is 1. The molecule has 4 fully saturated rings. The molecule has 9 rings (SSSR count). The molecule has 4 atom stereocenters. The Morgan fingerprint density at radius 1 is 0.750 bits per heavy atom. The average Bonchev–Trinajstić information content (AvgIpc) is 3.43. The molecule has 4 aromatic rings. The van der Waals surface area contributed by atoms with E-state index in [4.69, 9.17) is 0 Å². The van der Waals surface area contributed by atoms with Gasteiger partial charge in [-0.25, -0.2) is 0 Å². The maximum atomic E-state index is 12.2. The molecule has 176 valence electrons. The first-order chi connectivity index (χ1) is 17.6. The summed E-state index contributed by atoms with van der Waals surface area (Å²) in [6.07, 6.45) is 7.04. The monoisotopic (exact) mass is 469 g/mol. The zero-order valence-electron chi connectivity index (χ0n) is 20.1. The molecule has 3 bridgehead atoms. The van der Waals surface area contributed by atoms with Gasteiger partial charge in [-0.1, -0.05) is 60.7 Å². The van der Waals surface area contributed by atoms with Gasteiger partial charge in [0, 0.05) is 11.5 Å². The summed E-state index contributed by atoms with van der Waals surface area (Å²) in [7, 11) is 0. The molecule has 2 spiro atoms. The fourth-order valence-electron chi connectivity index (χ4n) is 10.5. The van der Waals surface area contributed by atoms with Crippen LogP contribution in [-0.2, 0) is 5.41 Å². The average molecular weight is 470 g/mol. The molecule has 0 radical (unpaired) electrons. The van der Waals surface area contributed by atoms with Crippen LogP contribution in [0.25, 0.3) is 33.0 Å². The van der Waals surface area contributed by atoms with Gasteiger partial charge in [0.25, 0.3) is 5.69 Å². The molecule has 36 heavy (non-hydrogen) atoms. The Morgan fingerprint density at radius 3 is 2.28 bits per heavy atom. The highest BCUT2D eigenvalue weighted by Gasteiger charge is 2.79. The van der Waals surface area contributed by atoms with E-state index >= 15 is 0 Å².